The van der Waals surface area contributed by atoms with Gasteiger partial charge in [0.2, 0.25) is 0 Å². The lowest BCUT2D eigenvalue weighted by atomic mass is 9.97. The van der Waals surface area contributed by atoms with Gasteiger partial charge in [0.1, 0.15) is 35.9 Å². The van der Waals surface area contributed by atoms with Crippen molar-refractivity contribution in [3.8, 4) is 0 Å². The van der Waals surface area contributed by atoms with Gasteiger partial charge in [-0.05, 0) is 0 Å². The van der Waals surface area contributed by atoms with Crippen molar-refractivity contribution in [1.82, 2.24) is 25.0 Å². The molecule has 5 atom stereocenters. The lowest BCUT2D eigenvalue weighted by molar-refractivity contribution is -0.280. The molecule has 3 rings (SSSR count). The molecule has 4 N–H and O–H groups in total. The predicted molar refractivity (Wildman–Crippen MR) is 92.9 cm³/mol. The summed E-state index contributed by atoms with van der Waals surface area (Å²) in [6.07, 6.45) is 1.79. The summed E-state index contributed by atoms with van der Waals surface area (Å²) in [6, 6.07) is -0.858. The zero-order chi connectivity index (χ0) is 19.2. The highest BCUT2D eigenvalue weighted by molar-refractivity contribution is 6.17. The Morgan fingerprint density at radius 1 is 1.30 bits per heavy atom. The monoisotopic (exact) mass is 400 g/mol. The van der Waals surface area contributed by atoms with Crippen molar-refractivity contribution >= 4 is 17.4 Å². The zero-order valence-electron chi connectivity index (χ0n) is 14.3. The van der Waals surface area contributed by atoms with E-state index in [9.17, 15) is 15.3 Å². The number of aliphatic hydroxyl groups excluding tert-OH is 3. The Morgan fingerprint density at radius 2 is 2.15 bits per heavy atom. The molecular formula is C15H21ClN6O5. The number of nitrogens with zero attached hydrogens (tertiary/aromatic N) is 5. The van der Waals surface area contributed by atoms with Crippen LogP contribution in [0.2, 0.25) is 0 Å². The molecule has 3 heterocycles. The molecule has 0 radical (unpaired) electrons. The van der Waals surface area contributed by atoms with E-state index in [1.54, 1.807) is 24.8 Å². The van der Waals surface area contributed by atoms with Crippen molar-refractivity contribution in [1.29, 1.82) is 0 Å². The highest BCUT2D eigenvalue weighted by Gasteiger charge is 2.46. The first kappa shape index (κ1) is 19.9. The number of halogens is 1. The van der Waals surface area contributed by atoms with Crippen LogP contribution in [-0.2, 0) is 16.0 Å². The molecule has 148 valence electrons. The average molecular weight is 401 g/mol. The largest absolute Gasteiger partial charge is 0.394 e. The highest BCUT2D eigenvalue weighted by atomic mass is 35.5. The lowest BCUT2D eigenvalue weighted by Crippen LogP contribution is -2.57. The van der Waals surface area contributed by atoms with E-state index in [2.05, 4.69) is 25.6 Å². The lowest BCUT2D eigenvalue weighted by Gasteiger charge is -2.41. The third kappa shape index (κ3) is 4.69. The first-order valence-electron chi connectivity index (χ1n) is 8.34. The SMILES string of the molecule is OCC1OC(OCCCl)C(n2cc(CNc3cnccn3)nn2)C(O)C1O. The van der Waals surface area contributed by atoms with Crippen molar-refractivity contribution in [3.63, 3.8) is 0 Å². The maximum absolute atomic E-state index is 10.5. The smallest absolute Gasteiger partial charge is 0.183 e. The molecule has 27 heavy (non-hydrogen) atoms. The third-order valence-electron chi connectivity index (χ3n) is 4.08. The van der Waals surface area contributed by atoms with Crippen LogP contribution in [0, 0.1) is 0 Å². The molecule has 11 nitrogen and oxygen atoms in total. The van der Waals surface area contributed by atoms with Crippen LogP contribution in [-0.4, -0.2) is 84.0 Å². The van der Waals surface area contributed by atoms with Gasteiger partial charge in [-0.2, -0.15) is 0 Å². The fraction of sp³-hybridized carbons (Fsp3) is 0.600. The minimum atomic E-state index is -1.30. The van der Waals surface area contributed by atoms with Gasteiger partial charge < -0.3 is 30.1 Å². The van der Waals surface area contributed by atoms with Crippen molar-refractivity contribution in [2.45, 2.75) is 37.2 Å². The Hall–Kier alpha value is -1.89. The van der Waals surface area contributed by atoms with Crippen LogP contribution in [0.5, 0.6) is 0 Å². The van der Waals surface area contributed by atoms with Crippen LogP contribution in [0.4, 0.5) is 5.82 Å². The summed E-state index contributed by atoms with van der Waals surface area (Å²) < 4.78 is 12.5. The maximum atomic E-state index is 10.5. The summed E-state index contributed by atoms with van der Waals surface area (Å²) >= 11 is 5.66. The number of anilines is 1. The number of nitrogens with one attached hydrogen (secondary N) is 1. The van der Waals surface area contributed by atoms with Crippen molar-refractivity contribution in [2.75, 3.05) is 24.4 Å². The quantitative estimate of drug-likeness (QED) is 0.403. The summed E-state index contributed by atoms with van der Waals surface area (Å²) in [4.78, 5) is 8.05. The Bertz CT molecular complexity index is 707. The zero-order valence-corrected chi connectivity index (χ0v) is 15.1. The minimum Gasteiger partial charge on any atom is -0.394 e. The van der Waals surface area contributed by atoms with E-state index in [0.717, 1.165) is 0 Å². The molecule has 5 unspecified atom stereocenters. The van der Waals surface area contributed by atoms with Crippen molar-refractivity contribution in [3.05, 3.63) is 30.5 Å². The topological polar surface area (TPSA) is 148 Å². The molecule has 0 aromatic carbocycles. The van der Waals surface area contributed by atoms with E-state index in [1.807, 2.05) is 0 Å². The van der Waals surface area contributed by atoms with Crippen molar-refractivity contribution in [2.24, 2.45) is 0 Å². The summed E-state index contributed by atoms with van der Waals surface area (Å²) in [5, 5.41) is 41.1. The first-order chi connectivity index (χ1) is 13.1. The molecule has 1 aliphatic rings. The number of hydrogen-bond acceptors (Lipinski definition) is 10. The molecule has 0 bridgehead atoms. The number of aromatic nitrogens is 5. The molecule has 2 aromatic heterocycles. The molecule has 12 heteroatoms. The predicted octanol–water partition coefficient (Wildman–Crippen LogP) is -1.08. The molecule has 1 saturated heterocycles. The molecule has 0 spiro atoms. The number of ether oxygens (including phenoxy) is 2. The summed E-state index contributed by atoms with van der Waals surface area (Å²) in [5.41, 5.74) is 0.572. The van der Waals surface area contributed by atoms with Crippen LogP contribution in [0.3, 0.4) is 0 Å². The van der Waals surface area contributed by atoms with E-state index >= 15 is 0 Å². The van der Waals surface area contributed by atoms with Gasteiger partial charge in [0, 0.05) is 18.3 Å². The molecule has 0 amide bonds. The number of rotatable bonds is 8. The van der Waals surface area contributed by atoms with Crippen LogP contribution < -0.4 is 5.32 Å². The summed E-state index contributed by atoms with van der Waals surface area (Å²) in [6.45, 7) is 0.0349. The van der Waals surface area contributed by atoms with E-state index in [0.29, 0.717) is 18.1 Å². The molecular weight excluding hydrogens is 380 g/mol. The number of aliphatic hydroxyl groups is 3. The Labute approximate surface area is 159 Å². The van der Waals surface area contributed by atoms with E-state index < -0.39 is 37.3 Å². The van der Waals surface area contributed by atoms with Gasteiger partial charge in [0.15, 0.2) is 6.29 Å². The maximum Gasteiger partial charge on any atom is 0.183 e. The normalized spacial score (nSPS) is 28.2. The summed E-state index contributed by atoms with van der Waals surface area (Å²) in [5.74, 6) is 0.803. The fourth-order valence-corrected chi connectivity index (χ4v) is 2.85. The molecule has 1 aliphatic heterocycles. The van der Waals surface area contributed by atoms with Crippen molar-refractivity contribution < 1.29 is 24.8 Å². The molecule has 0 aliphatic carbocycles. The van der Waals surface area contributed by atoms with Crippen LogP contribution in [0.25, 0.3) is 0 Å². The Kier molecular flexibility index (Phi) is 6.88. The van der Waals surface area contributed by atoms with Gasteiger partial charge in [0.05, 0.1) is 32.2 Å². The minimum absolute atomic E-state index is 0.166. The van der Waals surface area contributed by atoms with Gasteiger partial charge in [-0.1, -0.05) is 5.21 Å². The highest BCUT2D eigenvalue weighted by Crippen LogP contribution is 2.30. The molecule has 1 fully saturated rings. The van der Waals surface area contributed by atoms with Crippen LogP contribution in [0.15, 0.2) is 24.8 Å². The summed E-state index contributed by atoms with van der Waals surface area (Å²) in [7, 11) is 0. The average Bonchev–Trinajstić information content (AvgIpc) is 3.16. The number of hydrogen-bond donors (Lipinski definition) is 4. The van der Waals surface area contributed by atoms with E-state index in [1.165, 1.54) is 4.68 Å². The van der Waals surface area contributed by atoms with Gasteiger partial charge in [-0.3, -0.25) is 4.98 Å². The second kappa shape index (κ2) is 9.35. The Balaban J connectivity index is 1.72. The second-order valence-corrected chi connectivity index (χ2v) is 6.27. The van der Waals surface area contributed by atoms with E-state index in [-0.39, 0.29) is 12.5 Å². The van der Waals surface area contributed by atoms with Gasteiger partial charge >= 0.3 is 0 Å². The van der Waals surface area contributed by atoms with Gasteiger partial charge in [-0.25, -0.2) is 9.67 Å². The standard InChI is InChI=1S/C15H21ClN6O5/c16-1-4-26-15-12(14(25)13(24)10(8-23)27-15)22-7-9(20-21-22)5-19-11-6-17-2-3-18-11/h2-3,6-7,10,12-15,23-25H,1,4-5,8H2,(H,18,19). The molecule has 0 saturated carbocycles. The molecule has 2 aromatic rings. The first-order valence-corrected chi connectivity index (χ1v) is 8.88. The Morgan fingerprint density at radius 3 is 2.85 bits per heavy atom. The van der Waals surface area contributed by atoms with E-state index in [4.69, 9.17) is 21.1 Å². The van der Waals surface area contributed by atoms with Crippen LogP contribution >= 0.6 is 11.6 Å². The van der Waals surface area contributed by atoms with Crippen LogP contribution in [0.1, 0.15) is 11.7 Å². The third-order valence-corrected chi connectivity index (χ3v) is 4.24. The number of alkyl halides is 1. The van der Waals surface area contributed by atoms with Gasteiger partial charge in [-0.15, -0.1) is 16.7 Å². The second-order valence-electron chi connectivity index (χ2n) is 5.89. The van der Waals surface area contributed by atoms with Gasteiger partial charge in [0.25, 0.3) is 0 Å². The fourth-order valence-electron chi connectivity index (χ4n) is 2.76.